The molecule has 5 nitrogen and oxygen atoms in total. The lowest BCUT2D eigenvalue weighted by molar-refractivity contribution is -0.117. The van der Waals surface area contributed by atoms with Crippen LogP contribution in [0.4, 0.5) is 11.4 Å². The first-order chi connectivity index (χ1) is 8.35. The fourth-order valence-corrected chi connectivity index (χ4v) is 2.35. The third kappa shape index (κ3) is 3.46. The van der Waals surface area contributed by atoms with Gasteiger partial charge < -0.3 is 5.32 Å². The van der Waals surface area contributed by atoms with Crippen molar-refractivity contribution in [3.8, 4) is 0 Å². The van der Waals surface area contributed by atoms with E-state index in [9.17, 15) is 13.2 Å². The summed E-state index contributed by atoms with van der Waals surface area (Å²) >= 11 is 0. The molecule has 0 spiro atoms. The fourth-order valence-electron chi connectivity index (χ4n) is 1.80. The molecule has 2 rings (SSSR count). The second-order valence-electron chi connectivity index (χ2n) is 4.76. The summed E-state index contributed by atoms with van der Waals surface area (Å²) in [4.78, 5) is 11.7. The van der Waals surface area contributed by atoms with Crippen LogP contribution in [0.2, 0.25) is 0 Å². The van der Waals surface area contributed by atoms with Gasteiger partial charge in [0.1, 0.15) is 0 Å². The zero-order valence-corrected chi connectivity index (χ0v) is 11.1. The number of amides is 1. The van der Waals surface area contributed by atoms with E-state index >= 15 is 0 Å². The SMILES string of the molecule is C[C@@H]1C[C@@H]1C(=O)Nc1cccc(NS(C)(=O)=O)c1. The summed E-state index contributed by atoms with van der Waals surface area (Å²) in [6, 6.07) is 6.67. The number of nitrogens with one attached hydrogen (secondary N) is 2. The highest BCUT2D eigenvalue weighted by molar-refractivity contribution is 7.92. The molecule has 0 saturated heterocycles. The van der Waals surface area contributed by atoms with Crippen molar-refractivity contribution in [3.05, 3.63) is 24.3 Å². The van der Waals surface area contributed by atoms with E-state index in [1.807, 2.05) is 6.92 Å². The molecule has 1 aliphatic rings. The number of anilines is 2. The molecule has 0 heterocycles. The predicted molar refractivity (Wildman–Crippen MR) is 70.8 cm³/mol. The summed E-state index contributed by atoms with van der Waals surface area (Å²) in [6.45, 7) is 2.03. The van der Waals surface area contributed by atoms with Gasteiger partial charge in [0.05, 0.1) is 11.9 Å². The van der Waals surface area contributed by atoms with Crippen molar-refractivity contribution >= 4 is 27.3 Å². The Bertz CT molecular complexity index is 568. The smallest absolute Gasteiger partial charge is 0.229 e. The van der Waals surface area contributed by atoms with Gasteiger partial charge in [0, 0.05) is 11.6 Å². The maximum atomic E-state index is 11.7. The van der Waals surface area contributed by atoms with Crippen LogP contribution in [0.5, 0.6) is 0 Å². The molecule has 1 saturated carbocycles. The minimum Gasteiger partial charge on any atom is -0.326 e. The number of rotatable bonds is 4. The first-order valence-electron chi connectivity index (χ1n) is 5.74. The summed E-state index contributed by atoms with van der Waals surface area (Å²) in [6.07, 6.45) is 2.01. The highest BCUT2D eigenvalue weighted by Gasteiger charge is 2.39. The van der Waals surface area contributed by atoms with E-state index in [2.05, 4.69) is 10.0 Å². The third-order valence-electron chi connectivity index (χ3n) is 2.88. The molecule has 18 heavy (non-hydrogen) atoms. The van der Waals surface area contributed by atoms with Gasteiger partial charge in [-0.3, -0.25) is 9.52 Å². The summed E-state index contributed by atoms with van der Waals surface area (Å²) in [5.74, 6) is 0.540. The van der Waals surface area contributed by atoms with Crippen molar-refractivity contribution in [2.24, 2.45) is 11.8 Å². The van der Waals surface area contributed by atoms with Crippen molar-refractivity contribution < 1.29 is 13.2 Å². The van der Waals surface area contributed by atoms with Crippen LogP contribution in [0.25, 0.3) is 0 Å². The molecule has 1 aliphatic carbocycles. The Kier molecular flexibility index (Phi) is 3.30. The molecule has 1 fully saturated rings. The van der Waals surface area contributed by atoms with Crippen LogP contribution < -0.4 is 10.0 Å². The minimum absolute atomic E-state index is 0.000921. The van der Waals surface area contributed by atoms with Crippen LogP contribution in [0.3, 0.4) is 0 Å². The van der Waals surface area contributed by atoms with E-state index < -0.39 is 10.0 Å². The highest BCUT2D eigenvalue weighted by atomic mass is 32.2. The third-order valence-corrected chi connectivity index (χ3v) is 3.49. The second-order valence-corrected chi connectivity index (χ2v) is 6.51. The van der Waals surface area contributed by atoms with Crippen LogP contribution >= 0.6 is 0 Å². The van der Waals surface area contributed by atoms with E-state index in [0.717, 1.165) is 12.7 Å². The zero-order valence-electron chi connectivity index (χ0n) is 10.3. The molecule has 0 aromatic heterocycles. The number of carbonyl (C=O) groups excluding carboxylic acids is 1. The van der Waals surface area contributed by atoms with E-state index in [-0.39, 0.29) is 11.8 Å². The lowest BCUT2D eigenvalue weighted by Crippen LogP contribution is -2.15. The molecular weight excluding hydrogens is 252 g/mol. The Morgan fingerprint density at radius 2 is 1.94 bits per heavy atom. The summed E-state index contributed by atoms with van der Waals surface area (Å²) in [5, 5.41) is 2.79. The van der Waals surface area contributed by atoms with E-state index in [1.165, 1.54) is 0 Å². The van der Waals surface area contributed by atoms with Crippen molar-refractivity contribution in [1.29, 1.82) is 0 Å². The van der Waals surface area contributed by atoms with Crippen LogP contribution in [-0.4, -0.2) is 20.6 Å². The molecule has 98 valence electrons. The van der Waals surface area contributed by atoms with Crippen LogP contribution in [0, 0.1) is 11.8 Å². The molecule has 0 bridgehead atoms. The van der Waals surface area contributed by atoms with Gasteiger partial charge in [-0.1, -0.05) is 13.0 Å². The lowest BCUT2D eigenvalue weighted by Gasteiger charge is -2.08. The molecule has 1 aromatic carbocycles. The number of hydrogen-bond donors (Lipinski definition) is 2. The Morgan fingerprint density at radius 3 is 2.50 bits per heavy atom. The average molecular weight is 268 g/mol. The van der Waals surface area contributed by atoms with Crippen molar-refractivity contribution in [3.63, 3.8) is 0 Å². The van der Waals surface area contributed by atoms with Gasteiger partial charge in [0.15, 0.2) is 0 Å². The van der Waals surface area contributed by atoms with E-state index in [0.29, 0.717) is 17.3 Å². The zero-order chi connectivity index (χ0) is 13.3. The molecule has 2 N–H and O–H groups in total. The van der Waals surface area contributed by atoms with Crippen molar-refractivity contribution in [1.82, 2.24) is 0 Å². The predicted octanol–water partition coefficient (Wildman–Crippen LogP) is 1.65. The summed E-state index contributed by atoms with van der Waals surface area (Å²) < 4.78 is 24.6. The topological polar surface area (TPSA) is 75.3 Å². The summed E-state index contributed by atoms with van der Waals surface area (Å²) in [7, 11) is -3.30. The average Bonchev–Trinajstić information content (AvgIpc) is 2.93. The van der Waals surface area contributed by atoms with Crippen LogP contribution in [0.15, 0.2) is 24.3 Å². The molecule has 0 radical (unpaired) electrons. The van der Waals surface area contributed by atoms with E-state index in [4.69, 9.17) is 0 Å². The Balaban J connectivity index is 2.05. The van der Waals surface area contributed by atoms with Gasteiger partial charge in [-0.25, -0.2) is 8.42 Å². The van der Waals surface area contributed by atoms with Crippen molar-refractivity contribution in [2.75, 3.05) is 16.3 Å². The lowest BCUT2D eigenvalue weighted by atomic mass is 10.2. The van der Waals surface area contributed by atoms with Crippen molar-refractivity contribution in [2.45, 2.75) is 13.3 Å². The van der Waals surface area contributed by atoms with Gasteiger partial charge in [0.2, 0.25) is 15.9 Å². The van der Waals surface area contributed by atoms with Gasteiger partial charge >= 0.3 is 0 Å². The molecule has 2 atom stereocenters. The number of benzene rings is 1. The molecule has 0 aliphatic heterocycles. The highest BCUT2D eigenvalue weighted by Crippen LogP contribution is 2.38. The number of carbonyl (C=O) groups is 1. The maximum absolute atomic E-state index is 11.7. The molecule has 1 amide bonds. The first kappa shape index (κ1) is 12.9. The first-order valence-corrected chi connectivity index (χ1v) is 7.63. The quantitative estimate of drug-likeness (QED) is 0.872. The molecule has 6 heteroatoms. The van der Waals surface area contributed by atoms with Crippen LogP contribution in [-0.2, 0) is 14.8 Å². The maximum Gasteiger partial charge on any atom is 0.229 e. The Labute approximate surface area is 107 Å². The van der Waals surface area contributed by atoms with Gasteiger partial charge in [-0.05, 0) is 30.5 Å². The standard InChI is InChI=1S/C12H16N2O3S/c1-8-6-11(8)12(15)13-9-4-3-5-10(7-9)14-18(2,16)17/h3-5,7-8,11,14H,6H2,1-2H3,(H,13,15)/t8-,11+/m1/s1. The summed E-state index contributed by atoms with van der Waals surface area (Å²) in [5.41, 5.74) is 1.05. The Hall–Kier alpha value is -1.56. The fraction of sp³-hybridized carbons (Fsp3) is 0.417. The second kappa shape index (κ2) is 4.61. The molecule has 1 aromatic rings. The largest absolute Gasteiger partial charge is 0.326 e. The Morgan fingerprint density at radius 1 is 1.33 bits per heavy atom. The monoisotopic (exact) mass is 268 g/mol. The number of sulfonamides is 1. The van der Waals surface area contributed by atoms with E-state index in [1.54, 1.807) is 24.3 Å². The molecular formula is C12H16N2O3S. The van der Waals surface area contributed by atoms with Gasteiger partial charge in [0.25, 0.3) is 0 Å². The normalized spacial score (nSPS) is 22.3. The van der Waals surface area contributed by atoms with Crippen LogP contribution in [0.1, 0.15) is 13.3 Å². The van der Waals surface area contributed by atoms with Gasteiger partial charge in [-0.2, -0.15) is 0 Å². The minimum atomic E-state index is -3.30. The molecule has 0 unspecified atom stereocenters. The number of hydrogen-bond acceptors (Lipinski definition) is 3. The van der Waals surface area contributed by atoms with Gasteiger partial charge in [-0.15, -0.1) is 0 Å².